The van der Waals surface area contributed by atoms with Gasteiger partial charge in [-0.2, -0.15) is 0 Å². The largest absolute Gasteiger partial charge is 0.487 e. The van der Waals surface area contributed by atoms with E-state index in [-0.39, 0.29) is 28.9 Å². The number of rotatable bonds is 6. The van der Waals surface area contributed by atoms with Crippen LogP contribution < -0.4 is 10.3 Å². The van der Waals surface area contributed by atoms with E-state index in [1.165, 1.54) is 10.8 Å². The van der Waals surface area contributed by atoms with Crippen molar-refractivity contribution in [1.82, 2.24) is 19.5 Å². The Bertz CT molecular complexity index is 1510. The van der Waals surface area contributed by atoms with E-state index in [2.05, 4.69) is 15.0 Å². The minimum absolute atomic E-state index is 0.0580. The van der Waals surface area contributed by atoms with Crippen molar-refractivity contribution >= 4 is 11.6 Å². The fraction of sp³-hybridized carbons (Fsp3) is 0.231. The molecule has 0 radical (unpaired) electrons. The molecule has 0 saturated carbocycles. The molecule has 1 N–H and O–H groups in total. The summed E-state index contributed by atoms with van der Waals surface area (Å²) in [6, 6.07) is 14.4. The van der Waals surface area contributed by atoms with Crippen molar-refractivity contribution < 1.29 is 14.0 Å². The second-order valence-corrected chi connectivity index (χ2v) is 8.45. The predicted octanol–water partition coefficient (Wildman–Crippen LogP) is 4.77. The Kier molecular flexibility index (Phi) is 5.48. The van der Waals surface area contributed by atoms with Gasteiger partial charge >= 0.3 is 0 Å². The number of pyridine rings is 2. The Hall–Kier alpha value is -3.55. The summed E-state index contributed by atoms with van der Waals surface area (Å²) in [6.45, 7) is 2.24. The Labute approximate surface area is 206 Å². The Morgan fingerprint density at radius 1 is 1.15 bits per heavy atom. The van der Waals surface area contributed by atoms with Gasteiger partial charge in [0, 0.05) is 28.3 Å². The summed E-state index contributed by atoms with van der Waals surface area (Å²) in [4.78, 5) is 25.9. The molecule has 8 heteroatoms. The van der Waals surface area contributed by atoms with Gasteiger partial charge in [-0.05, 0) is 50.9 Å². The third kappa shape index (κ3) is 4.85. The van der Waals surface area contributed by atoms with Crippen LogP contribution in [-0.2, 0) is 12.2 Å². The highest BCUT2D eigenvalue weighted by Crippen LogP contribution is 2.27. The minimum atomic E-state index is -2.73. The van der Waals surface area contributed by atoms with Crippen LogP contribution in [0.15, 0.2) is 65.7 Å². The molecule has 0 bridgehead atoms. The van der Waals surface area contributed by atoms with E-state index < -0.39 is 18.0 Å². The fourth-order valence-electron chi connectivity index (χ4n) is 3.45. The number of halogens is 1. The summed E-state index contributed by atoms with van der Waals surface area (Å²) in [5.41, 5.74) is 0.681. The molecule has 7 nitrogen and oxygen atoms in total. The van der Waals surface area contributed by atoms with E-state index in [0.717, 1.165) is 12.5 Å². The molecule has 174 valence electrons. The average Bonchev–Trinajstić information content (AvgIpc) is 2.86. The predicted molar refractivity (Wildman–Crippen MR) is 131 cm³/mol. The van der Waals surface area contributed by atoms with Crippen LogP contribution >= 0.6 is 11.6 Å². The molecule has 3 aromatic heterocycles. The van der Waals surface area contributed by atoms with Crippen molar-refractivity contribution in [2.45, 2.75) is 39.8 Å². The maximum Gasteiger partial charge on any atom is 0.277 e. The van der Waals surface area contributed by atoms with Crippen LogP contribution in [0.2, 0.25) is 5.02 Å². The van der Waals surface area contributed by atoms with Crippen LogP contribution in [0.3, 0.4) is 0 Å². The summed E-state index contributed by atoms with van der Waals surface area (Å²) in [7, 11) is 0. The molecule has 1 unspecified atom stereocenters. The third-order valence-electron chi connectivity index (χ3n) is 5.21. The van der Waals surface area contributed by atoms with Gasteiger partial charge < -0.3 is 9.84 Å². The minimum Gasteiger partial charge on any atom is -0.487 e. The first kappa shape index (κ1) is 19.9. The number of hydrogen-bond donors (Lipinski definition) is 1. The Morgan fingerprint density at radius 2 is 1.91 bits per heavy atom. The molecule has 0 aliphatic heterocycles. The molecule has 0 aliphatic rings. The van der Waals surface area contributed by atoms with Crippen LogP contribution in [0.1, 0.15) is 40.5 Å². The van der Waals surface area contributed by atoms with Gasteiger partial charge in [0.25, 0.3) is 5.56 Å². The maximum absolute atomic E-state index is 13.3. The van der Waals surface area contributed by atoms with E-state index in [0.29, 0.717) is 22.6 Å². The first-order chi connectivity index (χ1) is 17.4. The zero-order valence-corrected chi connectivity index (χ0v) is 19.7. The first-order valence-electron chi connectivity index (χ1n) is 12.0. The molecule has 1 atom stereocenters. The van der Waals surface area contributed by atoms with Crippen molar-refractivity contribution in [1.29, 1.82) is 0 Å². The Balaban J connectivity index is 1.74. The van der Waals surface area contributed by atoms with Gasteiger partial charge in [-0.1, -0.05) is 41.9 Å². The maximum atomic E-state index is 13.3. The quantitative estimate of drug-likeness (QED) is 0.428. The van der Waals surface area contributed by atoms with Gasteiger partial charge in [0.1, 0.15) is 23.0 Å². The number of benzene rings is 1. The highest BCUT2D eigenvalue weighted by atomic mass is 35.5. The highest BCUT2D eigenvalue weighted by Gasteiger charge is 2.21. The summed E-state index contributed by atoms with van der Waals surface area (Å²) in [5.74, 6) is 0.0220. The first-order valence-corrected chi connectivity index (χ1v) is 10.9. The lowest BCUT2D eigenvalue weighted by Crippen LogP contribution is -2.23. The zero-order valence-electron chi connectivity index (χ0n) is 21.9. The number of nitrogens with zero attached hydrogens (tertiary/aromatic N) is 4. The van der Waals surface area contributed by atoms with Gasteiger partial charge in [-0.3, -0.25) is 14.3 Å². The Morgan fingerprint density at radius 3 is 2.65 bits per heavy atom. The highest BCUT2D eigenvalue weighted by molar-refractivity contribution is 6.31. The zero-order chi connectivity index (χ0) is 27.0. The standard InChI is InChI=1S/C26H25ClN4O3/c1-16-14-29-20(19-10-11-28-25(30-19)26(3,4)33)13-21(16)31-17(2)12-22(23(27)24(31)32)34-15-18-8-6-5-7-9-18/h5-14,33H,15H2,1-4H3/i3D3. The number of hydrogen-bond acceptors (Lipinski definition) is 6. The summed E-state index contributed by atoms with van der Waals surface area (Å²) >= 11 is 6.43. The van der Waals surface area contributed by atoms with Crippen molar-refractivity contribution in [3.05, 3.63) is 98.9 Å². The molecule has 3 heterocycles. The molecule has 0 aliphatic carbocycles. The number of aromatic nitrogens is 4. The number of ether oxygens (including phenoxy) is 1. The van der Waals surface area contributed by atoms with Gasteiger partial charge in [0.2, 0.25) is 0 Å². The molecule has 34 heavy (non-hydrogen) atoms. The van der Waals surface area contributed by atoms with Gasteiger partial charge in [0.05, 0.1) is 17.1 Å². The molecule has 0 spiro atoms. The van der Waals surface area contributed by atoms with Crippen molar-refractivity contribution in [2.24, 2.45) is 0 Å². The normalized spacial score (nSPS) is 14.6. The number of aliphatic hydroxyl groups is 1. The second kappa shape index (κ2) is 9.37. The smallest absolute Gasteiger partial charge is 0.277 e. The van der Waals surface area contributed by atoms with Crippen LogP contribution in [0, 0.1) is 13.8 Å². The second-order valence-electron chi connectivity index (χ2n) is 8.07. The van der Waals surface area contributed by atoms with E-state index in [9.17, 15) is 9.90 Å². The monoisotopic (exact) mass is 479 g/mol. The van der Waals surface area contributed by atoms with Crippen molar-refractivity contribution in [2.75, 3.05) is 0 Å². The lowest BCUT2D eigenvalue weighted by Gasteiger charge is -2.17. The van der Waals surface area contributed by atoms with Crippen molar-refractivity contribution in [3.63, 3.8) is 0 Å². The molecule has 0 fully saturated rings. The molecular weight excluding hydrogens is 452 g/mol. The van der Waals surface area contributed by atoms with Gasteiger partial charge in [-0.15, -0.1) is 0 Å². The SMILES string of the molecule is [2H]C([2H])([2H])C(C)(O)c1nccc(-c2cc(-n3c(C)cc(OCc4ccccc4)c(Cl)c3=O)c(C)cn2)n1. The van der Waals surface area contributed by atoms with Crippen LogP contribution in [0.25, 0.3) is 17.1 Å². The van der Waals surface area contributed by atoms with E-state index in [1.807, 2.05) is 30.3 Å². The summed E-state index contributed by atoms with van der Waals surface area (Å²) in [5, 5.41) is 10.5. The average molecular weight is 480 g/mol. The molecule has 4 aromatic rings. The lowest BCUT2D eigenvalue weighted by atomic mass is 10.1. The topological polar surface area (TPSA) is 90.1 Å². The van der Waals surface area contributed by atoms with Gasteiger partial charge in [0.15, 0.2) is 5.82 Å². The lowest BCUT2D eigenvalue weighted by molar-refractivity contribution is 0.0688. The molecule has 0 amide bonds. The fourth-order valence-corrected chi connectivity index (χ4v) is 3.64. The third-order valence-corrected chi connectivity index (χ3v) is 5.55. The number of aryl methyl sites for hydroxylation is 2. The molecule has 1 aromatic carbocycles. The summed E-state index contributed by atoms with van der Waals surface area (Å²) < 4.78 is 30.1. The van der Waals surface area contributed by atoms with Gasteiger partial charge in [-0.25, -0.2) is 9.97 Å². The van der Waals surface area contributed by atoms with E-state index in [1.54, 1.807) is 38.2 Å². The van der Waals surface area contributed by atoms with Crippen LogP contribution in [0.4, 0.5) is 0 Å². The van der Waals surface area contributed by atoms with Crippen LogP contribution in [0.5, 0.6) is 5.75 Å². The van der Waals surface area contributed by atoms with Crippen LogP contribution in [-0.4, -0.2) is 24.6 Å². The summed E-state index contributed by atoms with van der Waals surface area (Å²) in [6.07, 6.45) is 2.93. The molecular formula is C26H25ClN4O3. The van der Waals surface area contributed by atoms with E-state index in [4.69, 9.17) is 20.5 Å². The molecule has 4 rings (SSSR count). The van der Waals surface area contributed by atoms with E-state index >= 15 is 0 Å². The van der Waals surface area contributed by atoms with Crippen molar-refractivity contribution in [3.8, 4) is 22.8 Å². The molecule has 0 saturated heterocycles.